The Morgan fingerprint density at radius 3 is 2.30 bits per heavy atom. The highest BCUT2D eigenvalue weighted by Gasteiger charge is 2.13. The van der Waals surface area contributed by atoms with Gasteiger partial charge in [-0.3, -0.25) is 4.99 Å². The van der Waals surface area contributed by atoms with Crippen LogP contribution in [-0.4, -0.2) is 39.8 Å². The van der Waals surface area contributed by atoms with E-state index in [-0.39, 0.29) is 5.75 Å². The van der Waals surface area contributed by atoms with E-state index >= 15 is 0 Å². The van der Waals surface area contributed by atoms with Crippen molar-refractivity contribution in [3.8, 4) is 0 Å². The molecule has 0 aliphatic carbocycles. The smallest absolute Gasteiger partial charge is 0.191 e. The van der Waals surface area contributed by atoms with Crippen molar-refractivity contribution in [1.82, 2.24) is 10.6 Å². The average Bonchev–Trinajstić information content (AvgIpc) is 2.56. The van der Waals surface area contributed by atoms with Gasteiger partial charge in [-0.05, 0) is 25.0 Å². The molecular weight excluding hydrogens is 310 g/mol. The molecule has 0 fully saturated rings. The van der Waals surface area contributed by atoms with E-state index in [1.54, 1.807) is 24.3 Å². The summed E-state index contributed by atoms with van der Waals surface area (Å²) in [6.45, 7) is 8.17. The lowest BCUT2D eigenvalue weighted by Gasteiger charge is -2.14. The van der Waals surface area contributed by atoms with E-state index in [9.17, 15) is 8.42 Å². The van der Waals surface area contributed by atoms with Crippen LogP contribution in [0.1, 0.15) is 33.6 Å². The minimum atomic E-state index is -3.26. The van der Waals surface area contributed by atoms with Gasteiger partial charge in [0, 0.05) is 19.6 Å². The van der Waals surface area contributed by atoms with Gasteiger partial charge in [-0.1, -0.05) is 44.9 Å². The third-order valence-electron chi connectivity index (χ3n) is 3.77. The molecule has 0 radical (unpaired) electrons. The van der Waals surface area contributed by atoms with Crippen molar-refractivity contribution < 1.29 is 8.42 Å². The number of rotatable bonds is 9. The molecule has 6 heteroatoms. The van der Waals surface area contributed by atoms with Crippen molar-refractivity contribution in [2.75, 3.05) is 25.4 Å². The van der Waals surface area contributed by atoms with E-state index in [1.807, 2.05) is 13.0 Å². The number of hydrogen-bond acceptors (Lipinski definition) is 3. The number of aliphatic imine (C=N–C) groups is 1. The van der Waals surface area contributed by atoms with Crippen LogP contribution >= 0.6 is 0 Å². The van der Waals surface area contributed by atoms with Crippen LogP contribution in [-0.2, 0) is 9.84 Å². The first-order chi connectivity index (χ1) is 11.0. The quantitative estimate of drug-likeness (QED) is 0.535. The van der Waals surface area contributed by atoms with Crippen LogP contribution in [0.3, 0.4) is 0 Å². The van der Waals surface area contributed by atoms with Crippen LogP contribution in [0.2, 0.25) is 0 Å². The number of benzene rings is 1. The molecule has 1 rings (SSSR count). The Hall–Kier alpha value is -1.56. The molecule has 0 unspecified atom stereocenters. The van der Waals surface area contributed by atoms with Crippen molar-refractivity contribution in [1.29, 1.82) is 0 Å². The molecule has 0 atom stereocenters. The Morgan fingerprint density at radius 2 is 1.74 bits per heavy atom. The van der Waals surface area contributed by atoms with Crippen molar-refractivity contribution in [2.45, 2.75) is 38.5 Å². The molecule has 23 heavy (non-hydrogen) atoms. The van der Waals surface area contributed by atoms with Gasteiger partial charge in [0.25, 0.3) is 0 Å². The zero-order chi connectivity index (χ0) is 17.1. The number of hydrogen-bond donors (Lipinski definition) is 2. The maximum absolute atomic E-state index is 12.2. The summed E-state index contributed by atoms with van der Waals surface area (Å²) in [7, 11) is -3.26. The molecule has 0 aromatic heterocycles. The van der Waals surface area contributed by atoms with Crippen LogP contribution in [0.4, 0.5) is 0 Å². The van der Waals surface area contributed by atoms with Crippen LogP contribution in [0.25, 0.3) is 0 Å². The van der Waals surface area contributed by atoms with Crippen molar-refractivity contribution in [3.05, 3.63) is 30.3 Å². The van der Waals surface area contributed by atoms with Crippen molar-refractivity contribution in [3.63, 3.8) is 0 Å². The molecule has 130 valence electrons. The summed E-state index contributed by atoms with van der Waals surface area (Å²) in [5.41, 5.74) is 0. The second-order valence-corrected chi connectivity index (χ2v) is 7.57. The maximum atomic E-state index is 12.2. The lowest BCUT2D eigenvalue weighted by Crippen LogP contribution is -2.40. The van der Waals surface area contributed by atoms with Gasteiger partial charge in [0.05, 0.1) is 10.6 Å². The summed E-state index contributed by atoms with van der Waals surface area (Å²) in [4.78, 5) is 4.91. The second kappa shape index (κ2) is 10.3. The number of nitrogens with zero attached hydrogens (tertiary/aromatic N) is 1. The largest absolute Gasteiger partial charge is 0.357 e. The second-order valence-electron chi connectivity index (χ2n) is 5.46. The summed E-state index contributed by atoms with van der Waals surface area (Å²) < 4.78 is 24.5. The third kappa shape index (κ3) is 7.03. The summed E-state index contributed by atoms with van der Waals surface area (Å²) in [6.07, 6.45) is 2.20. The molecule has 0 spiro atoms. The van der Waals surface area contributed by atoms with Crippen molar-refractivity contribution in [2.24, 2.45) is 10.9 Å². The zero-order valence-electron chi connectivity index (χ0n) is 14.4. The van der Waals surface area contributed by atoms with Crippen LogP contribution in [0, 0.1) is 5.92 Å². The molecule has 0 aliphatic heterocycles. The minimum absolute atomic E-state index is 0.0480. The summed E-state index contributed by atoms with van der Waals surface area (Å²) in [5.74, 6) is 1.30. The van der Waals surface area contributed by atoms with Gasteiger partial charge in [-0.2, -0.15) is 0 Å². The van der Waals surface area contributed by atoms with Crippen LogP contribution < -0.4 is 10.6 Å². The highest BCUT2D eigenvalue weighted by atomic mass is 32.2. The SMILES string of the molecule is CCNC(=NCC(CC)CC)NCCS(=O)(=O)c1ccccc1. The molecule has 1 aromatic carbocycles. The van der Waals surface area contributed by atoms with Gasteiger partial charge in [0.1, 0.15) is 0 Å². The molecule has 0 aliphatic rings. The Bertz CT molecular complexity index is 567. The molecule has 5 nitrogen and oxygen atoms in total. The first kappa shape index (κ1) is 19.5. The Labute approximate surface area is 140 Å². The molecule has 0 saturated carbocycles. The lowest BCUT2D eigenvalue weighted by atomic mass is 10.0. The highest BCUT2D eigenvalue weighted by Crippen LogP contribution is 2.09. The Kier molecular flexibility index (Phi) is 8.69. The van der Waals surface area contributed by atoms with E-state index in [4.69, 9.17) is 0 Å². The molecule has 0 heterocycles. The van der Waals surface area contributed by atoms with Crippen molar-refractivity contribution >= 4 is 15.8 Å². The third-order valence-corrected chi connectivity index (χ3v) is 5.50. The summed E-state index contributed by atoms with van der Waals surface area (Å²) in [5, 5.41) is 6.27. The van der Waals surface area contributed by atoms with Gasteiger partial charge < -0.3 is 10.6 Å². The predicted molar refractivity (Wildman–Crippen MR) is 96.5 cm³/mol. The van der Waals surface area contributed by atoms with Gasteiger partial charge >= 0.3 is 0 Å². The number of sulfone groups is 1. The fraction of sp³-hybridized carbons (Fsp3) is 0.588. The maximum Gasteiger partial charge on any atom is 0.191 e. The monoisotopic (exact) mass is 339 g/mol. The topological polar surface area (TPSA) is 70.6 Å². The van der Waals surface area contributed by atoms with E-state index in [2.05, 4.69) is 29.5 Å². The predicted octanol–water partition coefficient (Wildman–Crippen LogP) is 2.45. The number of guanidine groups is 1. The zero-order valence-corrected chi connectivity index (χ0v) is 15.2. The van der Waals surface area contributed by atoms with E-state index < -0.39 is 9.84 Å². The van der Waals surface area contributed by atoms with Crippen LogP contribution in [0.5, 0.6) is 0 Å². The number of nitrogens with one attached hydrogen (secondary N) is 2. The summed E-state index contributed by atoms with van der Waals surface area (Å²) >= 11 is 0. The summed E-state index contributed by atoms with van der Waals surface area (Å²) in [6, 6.07) is 8.54. The Morgan fingerprint density at radius 1 is 1.09 bits per heavy atom. The first-order valence-electron chi connectivity index (χ1n) is 8.33. The molecule has 2 N–H and O–H groups in total. The molecule has 0 amide bonds. The van der Waals surface area contributed by atoms with Gasteiger partial charge in [0.2, 0.25) is 0 Å². The fourth-order valence-corrected chi connectivity index (χ4v) is 3.34. The first-order valence-corrected chi connectivity index (χ1v) is 9.98. The van der Waals surface area contributed by atoms with Gasteiger partial charge in [-0.15, -0.1) is 0 Å². The van der Waals surface area contributed by atoms with Crippen LogP contribution in [0.15, 0.2) is 40.2 Å². The minimum Gasteiger partial charge on any atom is -0.357 e. The van der Waals surface area contributed by atoms with Gasteiger partial charge in [0.15, 0.2) is 15.8 Å². The molecule has 0 saturated heterocycles. The Balaban J connectivity index is 2.57. The van der Waals surface area contributed by atoms with E-state index in [0.29, 0.717) is 23.3 Å². The van der Waals surface area contributed by atoms with E-state index in [1.165, 1.54) is 0 Å². The standard InChI is InChI=1S/C17H29N3O2S/c1-4-15(5-2)14-20-17(18-6-3)19-12-13-23(21,22)16-10-8-7-9-11-16/h7-11,15H,4-6,12-14H2,1-3H3,(H2,18,19,20). The lowest BCUT2D eigenvalue weighted by molar-refractivity contribution is 0.504. The van der Waals surface area contributed by atoms with Gasteiger partial charge in [-0.25, -0.2) is 8.42 Å². The molecular formula is C17H29N3O2S. The van der Waals surface area contributed by atoms with E-state index in [0.717, 1.165) is 25.9 Å². The highest BCUT2D eigenvalue weighted by molar-refractivity contribution is 7.91. The average molecular weight is 340 g/mol. The fourth-order valence-electron chi connectivity index (χ4n) is 2.16. The normalized spacial score (nSPS) is 12.4. The molecule has 0 bridgehead atoms. The molecule has 1 aromatic rings.